The predicted molar refractivity (Wildman–Crippen MR) is 76.3 cm³/mol. The first-order chi connectivity index (χ1) is 9.04. The first-order valence-electron chi connectivity index (χ1n) is 6.39. The van der Waals surface area contributed by atoms with Crippen LogP contribution in [0.5, 0.6) is 11.5 Å². The fraction of sp³-hybridized carbons (Fsp3) is 0.533. The number of hydrogen-bond donors (Lipinski definition) is 0. The zero-order valence-corrected chi connectivity index (χ0v) is 12.9. The molecule has 0 unspecified atom stereocenters. The Hall–Kier alpha value is -1.71. The molecular formula is C15H24O4. The van der Waals surface area contributed by atoms with Gasteiger partial charge >= 0.3 is 5.97 Å². The fourth-order valence-electron chi connectivity index (χ4n) is 1.64. The summed E-state index contributed by atoms with van der Waals surface area (Å²) in [5, 5.41) is 0. The van der Waals surface area contributed by atoms with E-state index in [0.29, 0.717) is 17.1 Å². The van der Waals surface area contributed by atoms with Crippen LogP contribution < -0.4 is 9.47 Å². The van der Waals surface area contributed by atoms with Crippen molar-refractivity contribution in [3.8, 4) is 11.5 Å². The molecule has 0 radical (unpaired) electrons. The lowest BCUT2D eigenvalue weighted by Gasteiger charge is -2.15. The van der Waals surface area contributed by atoms with E-state index in [-0.39, 0.29) is 5.92 Å². The van der Waals surface area contributed by atoms with Crippen LogP contribution >= 0.6 is 0 Å². The van der Waals surface area contributed by atoms with E-state index in [4.69, 9.17) is 14.2 Å². The van der Waals surface area contributed by atoms with Gasteiger partial charge in [0.05, 0.1) is 21.3 Å². The van der Waals surface area contributed by atoms with Gasteiger partial charge in [0.25, 0.3) is 0 Å². The van der Waals surface area contributed by atoms with Crippen LogP contribution in [-0.4, -0.2) is 27.3 Å². The summed E-state index contributed by atoms with van der Waals surface area (Å²) in [4.78, 5) is 11.6. The maximum Gasteiger partial charge on any atom is 0.341 e. The molecule has 0 atom stereocenters. The van der Waals surface area contributed by atoms with Crippen LogP contribution in [0, 0.1) is 0 Å². The van der Waals surface area contributed by atoms with Gasteiger partial charge < -0.3 is 14.2 Å². The summed E-state index contributed by atoms with van der Waals surface area (Å²) in [5.41, 5.74) is 1.37. The number of methoxy groups -OCH3 is 3. The molecular weight excluding hydrogens is 244 g/mol. The molecule has 0 saturated heterocycles. The van der Waals surface area contributed by atoms with Crippen molar-refractivity contribution in [2.45, 2.75) is 33.6 Å². The molecule has 19 heavy (non-hydrogen) atoms. The molecule has 0 saturated carbocycles. The number of benzene rings is 1. The zero-order valence-electron chi connectivity index (χ0n) is 12.9. The van der Waals surface area contributed by atoms with Crippen molar-refractivity contribution in [3.63, 3.8) is 0 Å². The summed E-state index contributed by atoms with van der Waals surface area (Å²) in [7, 11) is 4.45. The highest BCUT2D eigenvalue weighted by molar-refractivity contribution is 5.93. The van der Waals surface area contributed by atoms with Gasteiger partial charge in [0, 0.05) is 6.07 Å². The Morgan fingerprint density at radius 2 is 1.53 bits per heavy atom. The van der Waals surface area contributed by atoms with Gasteiger partial charge in [-0.3, -0.25) is 0 Å². The molecule has 4 heteroatoms. The van der Waals surface area contributed by atoms with E-state index < -0.39 is 5.97 Å². The predicted octanol–water partition coefficient (Wildman–Crippen LogP) is 3.64. The topological polar surface area (TPSA) is 44.8 Å². The first-order valence-corrected chi connectivity index (χ1v) is 6.39. The summed E-state index contributed by atoms with van der Waals surface area (Å²) in [6.07, 6.45) is 0. The van der Waals surface area contributed by atoms with Crippen LogP contribution in [0.4, 0.5) is 0 Å². The van der Waals surface area contributed by atoms with Crippen LogP contribution in [0.25, 0.3) is 0 Å². The average molecular weight is 268 g/mol. The fourth-order valence-corrected chi connectivity index (χ4v) is 1.64. The van der Waals surface area contributed by atoms with Gasteiger partial charge in [-0.05, 0) is 17.5 Å². The smallest absolute Gasteiger partial charge is 0.341 e. The lowest BCUT2D eigenvalue weighted by atomic mass is 9.99. The lowest BCUT2D eigenvalue weighted by molar-refractivity contribution is 0.0597. The van der Waals surface area contributed by atoms with Gasteiger partial charge in [-0.25, -0.2) is 4.79 Å². The number of rotatable bonds is 4. The molecule has 0 N–H and O–H groups in total. The SMILES string of the molecule is CC.COC(=O)c1cc(C(C)C)c(OC)cc1OC. The van der Waals surface area contributed by atoms with Gasteiger partial charge in [-0.15, -0.1) is 0 Å². The van der Waals surface area contributed by atoms with Crippen LogP contribution in [0.2, 0.25) is 0 Å². The Morgan fingerprint density at radius 1 is 1.00 bits per heavy atom. The third-order valence-electron chi connectivity index (χ3n) is 2.58. The maximum atomic E-state index is 11.6. The molecule has 0 amide bonds. The van der Waals surface area contributed by atoms with Crippen molar-refractivity contribution in [1.82, 2.24) is 0 Å². The number of hydrogen-bond acceptors (Lipinski definition) is 4. The maximum absolute atomic E-state index is 11.6. The number of carbonyl (C=O) groups is 1. The summed E-state index contributed by atoms with van der Waals surface area (Å²) >= 11 is 0. The van der Waals surface area contributed by atoms with Crippen molar-refractivity contribution in [3.05, 3.63) is 23.3 Å². The van der Waals surface area contributed by atoms with Gasteiger partial charge in [-0.2, -0.15) is 0 Å². The minimum atomic E-state index is -0.411. The highest BCUT2D eigenvalue weighted by atomic mass is 16.5. The van der Waals surface area contributed by atoms with E-state index in [1.807, 2.05) is 27.7 Å². The standard InChI is InChI=1S/C13H18O4.C2H6/c1-8(2)9-6-10(13(14)17-5)12(16-4)7-11(9)15-3;1-2/h6-8H,1-5H3;1-2H3. The molecule has 1 rings (SSSR count). The van der Waals surface area contributed by atoms with Gasteiger partial charge in [0.1, 0.15) is 17.1 Å². The van der Waals surface area contributed by atoms with E-state index in [1.165, 1.54) is 14.2 Å². The molecule has 0 spiro atoms. The highest BCUT2D eigenvalue weighted by Crippen LogP contribution is 2.33. The largest absolute Gasteiger partial charge is 0.496 e. The summed E-state index contributed by atoms with van der Waals surface area (Å²) in [5.74, 6) is 1.01. The third kappa shape index (κ3) is 4.16. The van der Waals surface area contributed by atoms with E-state index in [9.17, 15) is 4.79 Å². The van der Waals surface area contributed by atoms with Crippen LogP contribution in [0.1, 0.15) is 49.5 Å². The Morgan fingerprint density at radius 3 is 1.89 bits per heavy atom. The van der Waals surface area contributed by atoms with E-state index in [0.717, 1.165) is 5.56 Å². The molecule has 0 aliphatic carbocycles. The van der Waals surface area contributed by atoms with Crippen LogP contribution in [0.15, 0.2) is 12.1 Å². The number of carbonyl (C=O) groups excluding carboxylic acids is 1. The second kappa shape index (κ2) is 8.40. The molecule has 4 nitrogen and oxygen atoms in total. The minimum absolute atomic E-state index is 0.249. The Bertz CT molecular complexity index is 411. The monoisotopic (exact) mass is 268 g/mol. The van der Waals surface area contributed by atoms with Crippen molar-refractivity contribution in [2.75, 3.05) is 21.3 Å². The van der Waals surface area contributed by atoms with Crippen LogP contribution in [-0.2, 0) is 4.74 Å². The summed E-state index contributed by atoms with van der Waals surface area (Å²) in [6, 6.07) is 3.47. The second-order valence-electron chi connectivity index (χ2n) is 3.94. The van der Waals surface area contributed by atoms with Crippen molar-refractivity contribution >= 4 is 5.97 Å². The Balaban J connectivity index is 0.00000154. The van der Waals surface area contributed by atoms with Crippen molar-refractivity contribution < 1.29 is 19.0 Å². The van der Waals surface area contributed by atoms with Crippen molar-refractivity contribution in [2.24, 2.45) is 0 Å². The molecule has 0 fully saturated rings. The molecule has 0 heterocycles. The average Bonchev–Trinajstić information content (AvgIpc) is 2.46. The summed E-state index contributed by atoms with van der Waals surface area (Å²) < 4.78 is 15.2. The number of ether oxygens (including phenoxy) is 3. The molecule has 1 aromatic rings. The van der Waals surface area contributed by atoms with Gasteiger partial charge in [-0.1, -0.05) is 27.7 Å². The zero-order chi connectivity index (χ0) is 15.0. The normalized spacial score (nSPS) is 9.47. The van der Waals surface area contributed by atoms with Gasteiger partial charge in [0.15, 0.2) is 0 Å². The second-order valence-corrected chi connectivity index (χ2v) is 3.94. The van der Waals surface area contributed by atoms with E-state index in [1.54, 1.807) is 19.2 Å². The number of esters is 1. The van der Waals surface area contributed by atoms with E-state index in [2.05, 4.69) is 0 Å². The molecule has 1 aromatic carbocycles. The molecule has 0 aliphatic rings. The van der Waals surface area contributed by atoms with E-state index >= 15 is 0 Å². The Labute approximate surface area is 115 Å². The molecule has 0 aromatic heterocycles. The first kappa shape index (κ1) is 17.3. The van der Waals surface area contributed by atoms with Crippen LogP contribution in [0.3, 0.4) is 0 Å². The highest BCUT2D eigenvalue weighted by Gasteiger charge is 2.18. The molecule has 0 aliphatic heterocycles. The minimum Gasteiger partial charge on any atom is -0.496 e. The third-order valence-corrected chi connectivity index (χ3v) is 2.58. The van der Waals surface area contributed by atoms with Crippen molar-refractivity contribution in [1.29, 1.82) is 0 Å². The molecule has 0 bridgehead atoms. The van der Waals surface area contributed by atoms with Gasteiger partial charge in [0.2, 0.25) is 0 Å². The Kier molecular flexibility index (Phi) is 7.65. The summed E-state index contributed by atoms with van der Waals surface area (Å²) in [6.45, 7) is 8.07. The lowest BCUT2D eigenvalue weighted by Crippen LogP contribution is -2.06. The quantitative estimate of drug-likeness (QED) is 0.782. The molecule has 108 valence electrons.